The predicted octanol–water partition coefficient (Wildman–Crippen LogP) is 2.26. The quantitative estimate of drug-likeness (QED) is 0.520. The van der Waals surface area contributed by atoms with E-state index in [4.69, 9.17) is 0 Å². The minimum Gasteiger partial charge on any atom is -0.299 e. The fourth-order valence-electron chi connectivity index (χ4n) is 2.95. The Kier molecular flexibility index (Phi) is 1.25. The second kappa shape index (κ2) is 1.88. The van der Waals surface area contributed by atoms with Gasteiger partial charge in [-0.15, -0.1) is 0 Å². The minimum absolute atomic E-state index is 0.314. The Labute approximate surface area is 68.2 Å². The van der Waals surface area contributed by atoms with Crippen LogP contribution in [0.2, 0.25) is 0 Å². The molecule has 3 atom stereocenters. The Balaban J connectivity index is 2.30. The molecule has 1 nitrogen and oxygen atoms in total. The summed E-state index contributed by atoms with van der Waals surface area (Å²) in [6, 6.07) is 0. The van der Waals surface area contributed by atoms with Gasteiger partial charge in [0, 0.05) is 11.8 Å². The molecule has 11 heavy (non-hydrogen) atoms. The van der Waals surface area contributed by atoms with E-state index in [0.29, 0.717) is 29.0 Å². The Morgan fingerprint density at radius 2 is 2.09 bits per heavy atom. The van der Waals surface area contributed by atoms with Crippen LogP contribution in [0.4, 0.5) is 0 Å². The van der Waals surface area contributed by atoms with Gasteiger partial charge >= 0.3 is 0 Å². The molecule has 0 aromatic carbocycles. The van der Waals surface area contributed by atoms with Gasteiger partial charge in [-0.05, 0) is 24.2 Å². The number of carbonyl (C=O) groups is 1. The smallest absolute Gasteiger partial charge is 0.139 e. The second-order valence-electron chi connectivity index (χ2n) is 4.93. The van der Waals surface area contributed by atoms with Crippen LogP contribution in [0.25, 0.3) is 0 Å². The van der Waals surface area contributed by atoms with E-state index >= 15 is 0 Å². The molecule has 0 aliphatic heterocycles. The first-order chi connectivity index (χ1) is 5.02. The lowest BCUT2D eigenvalue weighted by Crippen LogP contribution is -2.32. The fourth-order valence-corrected chi connectivity index (χ4v) is 2.95. The first-order valence-electron chi connectivity index (χ1n) is 4.56. The number of fused-ring (bicyclic) bond motifs is 2. The third-order valence-corrected chi connectivity index (χ3v) is 3.77. The average Bonchev–Trinajstić information content (AvgIpc) is 2.31. The van der Waals surface area contributed by atoms with Crippen LogP contribution < -0.4 is 0 Å². The summed E-state index contributed by atoms with van der Waals surface area (Å²) in [5.74, 6) is 2.00. The number of carbonyl (C=O) groups excluding carboxylic acids is 1. The van der Waals surface area contributed by atoms with Crippen molar-refractivity contribution in [1.29, 1.82) is 0 Å². The molecule has 62 valence electrons. The molecule has 0 amide bonds. The van der Waals surface area contributed by atoms with Gasteiger partial charge in [0.05, 0.1) is 0 Å². The van der Waals surface area contributed by atoms with E-state index in [0.717, 1.165) is 0 Å². The topological polar surface area (TPSA) is 17.1 Å². The Bertz CT molecular complexity index is 205. The summed E-state index contributed by atoms with van der Waals surface area (Å²) in [5.41, 5.74) is 0.314. The molecule has 2 aliphatic carbocycles. The molecular formula is C10H16O. The van der Waals surface area contributed by atoms with E-state index in [9.17, 15) is 4.79 Å². The summed E-state index contributed by atoms with van der Waals surface area (Å²) in [6.07, 6.45) is 2.44. The minimum atomic E-state index is 0.314. The van der Waals surface area contributed by atoms with Crippen molar-refractivity contribution in [2.45, 2.75) is 33.6 Å². The van der Waals surface area contributed by atoms with Gasteiger partial charge in [0.2, 0.25) is 0 Å². The average molecular weight is 152 g/mol. The van der Waals surface area contributed by atoms with E-state index in [2.05, 4.69) is 20.8 Å². The molecule has 2 fully saturated rings. The standard InChI is InChI=1S/C10H16O/c1-6-7-4-8(9(6)11)10(2,3)5-7/h6-8H,4-5H2,1-3H3. The van der Waals surface area contributed by atoms with E-state index in [-0.39, 0.29) is 0 Å². The van der Waals surface area contributed by atoms with Crippen LogP contribution in [0.3, 0.4) is 0 Å². The first-order valence-corrected chi connectivity index (χ1v) is 4.56. The van der Waals surface area contributed by atoms with Crippen molar-refractivity contribution in [1.82, 2.24) is 0 Å². The molecule has 0 aromatic rings. The van der Waals surface area contributed by atoms with Crippen molar-refractivity contribution in [2.24, 2.45) is 23.2 Å². The van der Waals surface area contributed by atoms with E-state index in [1.54, 1.807) is 0 Å². The maximum Gasteiger partial charge on any atom is 0.139 e. The molecule has 2 bridgehead atoms. The van der Waals surface area contributed by atoms with Crippen LogP contribution >= 0.6 is 0 Å². The highest BCUT2D eigenvalue weighted by Gasteiger charge is 2.53. The van der Waals surface area contributed by atoms with Crippen LogP contribution in [0.1, 0.15) is 33.6 Å². The van der Waals surface area contributed by atoms with Gasteiger partial charge in [0.15, 0.2) is 0 Å². The lowest BCUT2D eigenvalue weighted by molar-refractivity contribution is -0.128. The molecule has 0 spiro atoms. The Morgan fingerprint density at radius 1 is 1.45 bits per heavy atom. The third kappa shape index (κ3) is 0.800. The first kappa shape index (κ1) is 7.33. The lowest BCUT2D eigenvalue weighted by Gasteiger charge is -2.31. The van der Waals surface area contributed by atoms with Crippen molar-refractivity contribution in [2.75, 3.05) is 0 Å². The molecule has 0 radical (unpaired) electrons. The van der Waals surface area contributed by atoms with Gasteiger partial charge < -0.3 is 0 Å². The normalized spacial score (nSPS) is 46.8. The van der Waals surface area contributed by atoms with Crippen molar-refractivity contribution >= 4 is 5.78 Å². The summed E-state index contributed by atoms with van der Waals surface area (Å²) in [4.78, 5) is 11.6. The van der Waals surface area contributed by atoms with E-state index in [1.807, 2.05) is 0 Å². The SMILES string of the molecule is CC1C(=O)C2CC1CC2(C)C. The molecule has 3 unspecified atom stereocenters. The molecular weight excluding hydrogens is 136 g/mol. The van der Waals surface area contributed by atoms with Gasteiger partial charge in [-0.2, -0.15) is 0 Å². The van der Waals surface area contributed by atoms with Crippen LogP contribution in [0.5, 0.6) is 0 Å². The lowest BCUT2D eigenvalue weighted by atomic mass is 9.73. The molecule has 0 aromatic heterocycles. The monoisotopic (exact) mass is 152 g/mol. The molecule has 2 aliphatic rings. The number of rotatable bonds is 0. The molecule has 0 saturated heterocycles. The summed E-state index contributed by atoms with van der Waals surface area (Å²) >= 11 is 0. The summed E-state index contributed by atoms with van der Waals surface area (Å²) < 4.78 is 0. The highest BCUT2D eigenvalue weighted by Crippen LogP contribution is 2.55. The molecule has 0 heterocycles. The van der Waals surface area contributed by atoms with Gasteiger partial charge in [-0.1, -0.05) is 20.8 Å². The predicted molar refractivity (Wildman–Crippen MR) is 44.2 cm³/mol. The maximum atomic E-state index is 11.6. The van der Waals surface area contributed by atoms with Crippen LogP contribution in [-0.2, 0) is 4.79 Å². The van der Waals surface area contributed by atoms with Crippen molar-refractivity contribution in [3.63, 3.8) is 0 Å². The van der Waals surface area contributed by atoms with E-state index < -0.39 is 0 Å². The fraction of sp³-hybridized carbons (Fsp3) is 0.900. The maximum absolute atomic E-state index is 11.6. The van der Waals surface area contributed by atoms with Crippen LogP contribution in [0, 0.1) is 23.2 Å². The molecule has 2 saturated carbocycles. The van der Waals surface area contributed by atoms with Crippen LogP contribution in [-0.4, -0.2) is 5.78 Å². The van der Waals surface area contributed by atoms with Gasteiger partial charge in [-0.25, -0.2) is 0 Å². The van der Waals surface area contributed by atoms with Gasteiger partial charge in [0.25, 0.3) is 0 Å². The zero-order chi connectivity index (χ0) is 8.22. The Hall–Kier alpha value is -0.330. The second-order valence-corrected chi connectivity index (χ2v) is 4.93. The number of hydrogen-bond donors (Lipinski definition) is 0. The highest BCUT2D eigenvalue weighted by molar-refractivity contribution is 5.87. The Morgan fingerprint density at radius 3 is 2.45 bits per heavy atom. The number of Topliss-reactive ketones (excluding diaryl/α,β-unsaturated/α-hetero) is 1. The van der Waals surface area contributed by atoms with Gasteiger partial charge in [0.1, 0.15) is 5.78 Å². The molecule has 1 heteroatoms. The van der Waals surface area contributed by atoms with Crippen molar-refractivity contribution in [3.05, 3.63) is 0 Å². The zero-order valence-corrected chi connectivity index (χ0v) is 7.55. The summed E-state index contributed by atoms with van der Waals surface area (Å²) in [7, 11) is 0. The van der Waals surface area contributed by atoms with Crippen molar-refractivity contribution in [3.8, 4) is 0 Å². The largest absolute Gasteiger partial charge is 0.299 e. The van der Waals surface area contributed by atoms with E-state index in [1.165, 1.54) is 12.8 Å². The summed E-state index contributed by atoms with van der Waals surface area (Å²) in [5, 5.41) is 0. The highest BCUT2D eigenvalue weighted by atomic mass is 16.1. The van der Waals surface area contributed by atoms with Crippen molar-refractivity contribution < 1.29 is 4.79 Å². The number of ketones is 1. The van der Waals surface area contributed by atoms with Gasteiger partial charge in [-0.3, -0.25) is 4.79 Å². The molecule has 2 rings (SSSR count). The zero-order valence-electron chi connectivity index (χ0n) is 7.55. The summed E-state index contributed by atoms with van der Waals surface area (Å²) in [6.45, 7) is 6.57. The third-order valence-electron chi connectivity index (χ3n) is 3.77. The number of hydrogen-bond acceptors (Lipinski definition) is 1. The molecule has 0 N–H and O–H groups in total. The van der Waals surface area contributed by atoms with Crippen LogP contribution in [0.15, 0.2) is 0 Å².